The van der Waals surface area contributed by atoms with Gasteiger partial charge in [-0.1, -0.05) is 85.2 Å². The molecule has 0 saturated heterocycles. The van der Waals surface area contributed by atoms with Gasteiger partial charge in [-0.05, 0) is 68.4 Å². The van der Waals surface area contributed by atoms with Gasteiger partial charge in [-0.2, -0.15) is 4.58 Å². The first kappa shape index (κ1) is 22.8. The highest BCUT2D eigenvalue weighted by Gasteiger charge is 2.48. The molecule has 0 amide bonds. The molecule has 0 N–H and O–H groups in total. The Morgan fingerprint density at radius 1 is 0.941 bits per heavy atom. The first-order valence-corrected chi connectivity index (χ1v) is 13.1. The minimum atomic E-state index is -0.0424. The molecule has 0 spiro atoms. The van der Waals surface area contributed by atoms with Crippen molar-refractivity contribution in [3.63, 3.8) is 0 Å². The van der Waals surface area contributed by atoms with Gasteiger partial charge in [0, 0.05) is 24.1 Å². The lowest BCUT2D eigenvalue weighted by Gasteiger charge is -2.23. The molecule has 1 saturated carbocycles. The number of rotatable bonds is 7. The number of nitrogens with zero attached hydrogens (tertiary/aromatic N) is 1. The topological polar surface area (TPSA) is 3.01 Å². The van der Waals surface area contributed by atoms with E-state index in [2.05, 4.69) is 110 Å². The molecular weight excluding hydrogens is 410 g/mol. The summed E-state index contributed by atoms with van der Waals surface area (Å²) in [6, 6.07) is 24.6. The predicted molar refractivity (Wildman–Crippen MR) is 146 cm³/mol. The summed E-state index contributed by atoms with van der Waals surface area (Å²) in [6.07, 6.45) is 15.0. The molecule has 0 radical (unpaired) electrons. The van der Waals surface area contributed by atoms with Crippen LogP contribution in [0.3, 0.4) is 0 Å². The van der Waals surface area contributed by atoms with E-state index in [0.717, 1.165) is 25.3 Å². The van der Waals surface area contributed by atoms with Crippen LogP contribution in [0, 0.1) is 5.92 Å². The standard InChI is InChI=1S/C33H38N/c1-25(2)21-23-33(3)31(20-17-26-13-7-8-14-26)34(24-22-27-11-5-4-6-12-27)30-19-18-28-15-9-10-16-29(28)32(30)33/h4-6,9-12,15-21,26H,7-8,13-14,22-24H2,1-3H3/q+1. The van der Waals surface area contributed by atoms with Gasteiger partial charge in [0.15, 0.2) is 12.3 Å². The molecule has 1 heterocycles. The van der Waals surface area contributed by atoms with Gasteiger partial charge in [-0.25, -0.2) is 0 Å². The van der Waals surface area contributed by atoms with Crippen molar-refractivity contribution in [1.29, 1.82) is 0 Å². The number of allylic oxidation sites excluding steroid dienone is 4. The third-order valence-electron chi connectivity index (χ3n) is 7.92. The molecule has 1 fully saturated rings. The van der Waals surface area contributed by atoms with Crippen molar-refractivity contribution in [2.75, 3.05) is 6.54 Å². The van der Waals surface area contributed by atoms with E-state index >= 15 is 0 Å². The van der Waals surface area contributed by atoms with Crippen molar-refractivity contribution in [3.8, 4) is 0 Å². The van der Waals surface area contributed by atoms with E-state index in [0.29, 0.717) is 0 Å². The maximum absolute atomic E-state index is 2.64. The van der Waals surface area contributed by atoms with E-state index in [-0.39, 0.29) is 5.41 Å². The minimum Gasteiger partial charge on any atom is -0.195 e. The summed E-state index contributed by atoms with van der Waals surface area (Å²) in [5.41, 5.74) is 7.12. The maximum atomic E-state index is 2.64. The van der Waals surface area contributed by atoms with Gasteiger partial charge < -0.3 is 0 Å². The normalized spacial score (nSPS) is 20.4. The fraction of sp³-hybridized carbons (Fsp3) is 0.364. The van der Waals surface area contributed by atoms with Crippen molar-refractivity contribution in [2.45, 2.75) is 64.7 Å². The van der Waals surface area contributed by atoms with Crippen molar-refractivity contribution < 1.29 is 4.58 Å². The second-order valence-electron chi connectivity index (χ2n) is 10.7. The third kappa shape index (κ3) is 4.41. The Kier molecular flexibility index (Phi) is 6.55. The van der Waals surface area contributed by atoms with Gasteiger partial charge >= 0.3 is 0 Å². The van der Waals surface area contributed by atoms with Crippen LogP contribution >= 0.6 is 0 Å². The summed E-state index contributed by atoms with van der Waals surface area (Å²) in [5.74, 6) is 0.733. The average Bonchev–Trinajstić information content (AvgIpc) is 3.46. The number of hydrogen-bond donors (Lipinski definition) is 0. The Morgan fingerprint density at radius 3 is 2.44 bits per heavy atom. The molecule has 1 nitrogen and oxygen atoms in total. The molecule has 34 heavy (non-hydrogen) atoms. The summed E-state index contributed by atoms with van der Waals surface area (Å²) in [5, 5.41) is 2.74. The molecular formula is C33H38N+. The van der Waals surface area contributed by atoms with Gasteiger partial charge in [0.2, 0.25) is 5.69 Å². The Hall–Kier alpha value is -2.93. The van der Waals surface area contributed by atoms with Crippen LogP contribution in [-0.2, 0) is 11.8 Å². The lowest BCUT2D eigenvalue weighted by atomic mass is 9.74. The van der Waals surface area contributed by atoms with E-state index < -0.39 is 0 Å². The zero-order chi connectivity index (χ0) is 23.5. The molecule has 0 bridgehead atoms. The summed E-state index contributed by atoms with van der Waals surface area (Å²) >= 11 is 0. The van der Waals surface area contributed by atoms with Crippen LogP contribution in [0.2, 0.25) is 0 Å². The molecule has 1 unspecified atom stereocenters. The summed E-state index contributed by atoms with van der Waals surface area (Å²) in [6.45, 7) is 7.94. The smallest absolute Gasteiger partial charge is 0.195 e. The second-order valence-corrected chi connectivity index (χ2v) is 10.7. The highest BCUT2D eigenvalue weighted by atomic mass is 15.1. The second kappa shape index (κ2) is 9.74. The molecule has 174 valence electrons. The highest BCUT2D eigenvalue weighted by Crippen LogP contribution is 2.47. The monoisotopic (exact) mass is 448 g/mol. The zero-order valence-corrected chi connectivity index (χ0v) is 21.1. The van der Waals surface area contributed by atoms with Crippen molar-refractivity contribution in [2.24, 2.45) is 5.92 Å². The third-order valence-corrected chi connectivity index (χ3v) is 7.92. The Bertz CT molecular complexity index is 1250. The van der Waals surface area contributed by atoms with Crippen LogP contribution in [0.15, 0.2) is 90.5 Å². The van der Waals surface area contributed by atoms with Crippen LogP contribution in [0.5, 0.6) is 0 Å². The number of fused-ring (bicyclic) bond motifs is 3. The molecule has 1 heteroatoms. The fourth-order valence-electron chi connectivity index (χ4n) is 6.01. The largest absolute Gasteiger partial charge is 0.210 e. The quantitative estimate of drug-likeness (QED) is 0.252. The zero-order valence-electron chi connectivity index (χ0n) is 21.1. The highest BCUT2D eigenvalue weighted by molar-refractivity contribution is 6.08. The molecule has 1 aliphatic carbocycles. The van der Waals surface area contributed by atoms with Crippen LogP contribution in [0.25, 0.3) is 10.8 Å². The average molecular weight is 449 g/mol. The fourth-order valence-corrected chi connectivity index (χ4v) is 6.01. The van der Waals surface area contributed by atoms with Crippen molar-refractivity contribution in [1.82, 2.24) is 0 Å². The molecule has 0 aromatic heterocycles. The first-order valence-electron chi connectivity index (χ1n) is 13.1. The van der Waals surface area contributed by atoms with Crippen LogP contribution < -0.4 is 0 Å². The van der Waals surface area contributed by atoms with Gasteiger partial charge in [0.1, 0.15) is 0 Å². The molecule has 5 rings (SSSR count). The lowest BCUT2D eigenvalue weighted by Crippen LogP contribution is -2.31. The van der Waals surface area contributed by atoms with Crippen molar-refractivity contribution in [3.05, 3.63) is 102 Å². The lowest BCUT2D eigenvalue weighted by molar-refractivity contribution is -0.436. The van der Waals surface area contributed by atoms with Gasteiger partial charge in [0.05, 0.1) is 5.41 Å². The van der Waals surface area contributed by atoms with E-state index in [1.54, 1.807) is 0 Å². The van der Waals surface area contributed by atoms with Crippen LogP contribution in [0.1, 0.15) is 64.0 Å². The summed E-state index contributed by atoms with van der Waals surface area (Å²) in [7, 11) is 0. The van der Waals surface area contributed by atoms with E-state index in [1.165, 1.54) is 64.6 Å². The Morgan fingerprint density at radius 2 is 1.68 bits per heavy atom. The summed E-state index contributed by atoms with van der Waals surface area (Å²) in [4.78, 5) is 0. The maximum Gasteiger partial charge on any atom is 0.210 e. The van der Waals surface area contributed by atoms with Gasteiger partial charge in [-0.15, -0.1) is 0 Å². The van der Waals surface area contributed by atoms with Crippen LogP contribution in [0.4, 0.5) is 5.69 Å². The first-order chi connectivity index (χ1) is 16.6. The molecule has 2 aliphatic rings. The minimum absolute atomic E-state index is 0.0424. The summed E-state index contributed by atoms with van der Waals surface area (Å²) < 4.78 is 2.64. The van der Waals surface area contributed by atoms with Gasteiger partial charge in [-0.3, -0.25) is 0 Å². The predicted octanol–water partition coefficient (Wildman–Crippen LogP) is 8.54. The molecule has 3 aromatic carbocycles. The number of benzene rings is 3. The SMILES string of the molecule is CC(C)=CCC1(C)C(C=CC2CCCC2)=[N+](CCc2ccccc2)c2ccc3ccccc3c21. The molecule has 1 atom stereocenters. The van der Waals surface area contributed by atoms with E-state index in [9.17, 15) is 0 Å². The van der Waals surface area contributed by atoms with Crippen LogP contribution in [-0.4, -0.2) is 16.8 Å². The van der Waals surface area contributed by atoms with E-state index in [4.69, 9.17) is 0 Å². The van der Waals surface area contributed by atoms with E-state index in [1.807, 2.05) is 0 Å². The Balaban J connectivity index is 1.66. The Labute approximate surface area is 205 Å². The molecule has 3 aromatic rings. The molecule has 1 aliphatic heterocycles. The van der Waals surface area contributed by atoms with Gasteiger partial charge in [0.25, 0.3) is 0 Å². The number of hydrogen-bond acceptors (Lipinski definition) is 0. The van der Waals surface area contributed by atoms with Crippen molar-refractivity contribution >= 4 is 22.2 Å².